The summed E-state index contributed by atoms with van der Waals surface area (Å²) in [7, 11) is 1.84. The predicted molar refractivity (Wildman–Crippen MR) is 124 cm³/mol. The van der Waals surface area contributed by atoms with Crippen LogP contribution in [0.2, 0.25) is 0 Å². The zero-order valence-corrected chi connectivity index (χ0v) is 18.3. The lowest BCUT2D eigenvalue weighted by molar-refractivity contribution is -0.0502. The SMILES string of the molecule is CN=C(NCc1ccnc(-n2cccn2)c1)N1CC2OCCN(Cc3ccccc3)C2C1. The number of hydrogen-bond donors (Lipinski definition) is 1. The molecule has 166 valence electrons. The topological polar surface area (TPSA) is 70.8 Å². The van der Waals surface area contributed by atoms with Crippen molar-refractivity contribution in [1.29, 1.82) is 0 Å². The summed E-state index contributed by atoms with van der Waals surface area (Å²) in [4.78, 5) is 13.8. The summed E-state index contributed by atoms with van der Waals surface area (Å²) in [6, 6.07) is 17.0. The number of nitrogens with one attached hydrogen (secondary N) is 1. The number of fused-ring (bicyclic) bond motifs is 1. The van der Waals surface area contributed by atoms with Crippen molar-refractivity contribution in [2.24, 2.45) is 4.99 Å². The van der Waals surface area contributed by atoms with Gasteiger partial charge in [0.05, 0.1) is 18.8 Å². The van der Waals surface area contributed by atoms with Crippen molar-refractivity contribution in [3.8, 4) is 5.82 Å². The summed E-state index contributed by atoms with van der Waals surface area (Å²) in [5.74, 6) is 1.71. The summed E-state index contributed by atoms with van der Waals surface area (Å²) in [6.45, 7) is 5.13. The van der Waals surface area contributed by atoms with Crippen molar-refractivity contribution in [1.82, 2.24) is 29.9 Å². The number of pyridine rings is 1. The van der Waals surface area contributed by atoms with Crippen LogP contribution in [0.1, 0.15) is 11.1 Å². The fourth-order valence-electron chi connectivity index (χ4n) is 4.56. The molecule has 1 aromatic carbocycles. The Kier molecular flexibility index (Phi) is 6.13. The van der Waals surface area contributed by atoms with Crippen LogP contribution in [0, 0.1) is 0 Å². The monoisotopic (exact) mass is 431 g/mol. The smallest absolute Gasteiger partial charge is 0.194 e. The van der Waals surface area contributed by atoms with Crippen molar-refractivity contribution >= 4 is 5.96 Å². The molecular formula is C24H29N7O. The van der Waals surface area contributed by atoms with E-state index >= 15 is 0 Å². The Hall–Kier alpha value is -3.23. The Morgan fingerprint density at radius 1 is 1.12 bits per heavy atom. The zero-order valence-electron chi connectivity index (χ0n) is 18.3. The molecule has 8 heteroatoms. The molecule has 5 rings (SSSR count). The van der Waals surface area contributed by atoms with Crippen molar-refractivity contribution in [2.45, 2.75) is 25.2 Å². The number of rotatable bonds is 5. The lowest BCUT2D eigenvalue weighted by Gasteiger charge is -2.36. The lowest BCUT2D eigenvalue weighted by Crippen LogP contribution is -2.50. The van der Waals surface area contributed by atoms with E-state index in [0.29, 0.717) is 12.6 Å². The van der Waals surface area contributed by atoms with Gasteiger partial charge >= 0.3 is 0 Å². The Morgan fingerprint density at radius 2 is 2.03 bits per heavy atom. The van der Waals surface area contributed by atoms with E-state index in [0.717, 1.165) is 50.1 Å². The second kappa shape index (κ2) is 9.50. The van der Waals surface area contributed by atoms with Crippen LogP contribution < -0.4 is 5.32 Å². The van der Waals surface area contributed by atoms with Crippen LogP contribution >= 0.6 is 0 Å². The number of likely N-dealkylation sites (tertiary alicyclic amines) is 1. The number of nitrogens with zero attached hydrogens (tertiary/aromatic N) is 6. The molecule has 2 atom stereocenters. The van der Waals surface area contributed by atoms with Crippen molar-refractivity contribution in [3.63, 3.8) is 0 Å². The molecule has 32 heavy (non-hydrogen) atoms. The van der Waals surface area contributed by atoms with E-state index in [9.17, 15) is 0 Å². The minimum atomic E-state index is 0.207. The second-order valence-electron chi connectivity index (χ2n) is 8.21. The molecule has 0 saturated carbocycles. The summed E-state index contributed by atoms with van der Waals surface area (Å²) >= 11 is 0. The van der Waals surface area contributed by atoms with E-state index in [1.54, 1.807) is 10.9 Å². The van der Waals surface area contributed by atoms with E-state index in [1.807, 2.05) is 37.6 Å². The number of aromatic nitrogens is 3. The molecule has 2 unspecified atom stereocenters. The molecule has 3 aromatic rings. The maximum absolute atomic E-state index is 6.13. The van der Waals surface area contributed by atoms with Gasteiger partial charge in [-0.05, 0) is 29.3 Å². The molecular weight excluding hydrogens is 402 g/mol. The predicted octanol–water partition coefficient (Wildman–Crippen LogP) is 1.93. The highest BCUT2D eigenvalue weighted by Crippen LogP contribution is 2.24. The van der Waals surface area contributed by atoms with Crippen LogP contribution in [0.4, 0.5) is 0 Å². The van der Waals surface area contributed by atoms with E-state index < -0.39 is 0 Å². The van der Waals surface area contributed by atoms with Gasteiger partial charge in [0.2, 0.25) is 0 Å². The molecule has 0 spiro atoms. The van der Waals surface area contributed by atoms with E-state index in [1.165, 1.54) is 5.56 Å². The quantitative estimate of drug-likeness (QED) is 0.492. The zero-order chi connectivity index (χ0) is 21.8. The van der Waals surface area contributed by atoms with Gasteiger partial charge in [0.15, 0.2) is 11.8 Å². The Labute approximate surface area is 188 Å². The third kappa shape index (κ3) is 4.51. The average Bonchev–Trinajstić information content (AvgIpc) is 3.51. The molecule has 0 bridgehead atoms. The van der Waals surface area contributed by atoms with Crippen LogP contribution in [0.3, 0.4) is 0 Å². The maximum atomic E-state index is 6.13. The number of guanidine groups is 1. The minimum absolute atomic E-state index is 0.207. The number of morpholine rings is 1. The first-order valence-electron chi connectivity index (χ1n) is 11.1. The van der Waals surface area contributed by atoms with Crippen molar-refractivity contribution < 1.29 is 4.74 Å². The number of hydrogen-bond acceptors (Lipinski definition) is 5. The first-order valence-corrected chi connectivity index (χ1v) is 11.1. The van der Waals surface area contributed by atoms with Gasteiger partial charge < -0.3 is 15.0 Å². The Balaban J connectivity index is 1.22. The Morgan fingerprint density at radius 3 is 2.84 bits per heavy atom. The highest BCUT2D eigenvalue weighted by Gasteiger charge is 2.41. The molecule has 8 nitrogen and oxygen atoms in total. The molecule has 2 saturated heterocycles. The van der Waals surface area contributed by atoms with Crippen molar-refractivity contribution in [2.75, 3.05) is 33.3 Å². The number of aliphatic imine (C=N–C) groups is 1. The molecule has 0 aliphatic carbocycles. The molecule has 2 aromatic heterocycles. The molecule has 2 aliphatic rings. The highest BCUT2D eigenvalue weighted by molar-refractivity contribution is 5.80. The van der Waals surface area contributed by atoms with Gasteiger partial charge in [-0.15, -0.1) is 0 Å². The first kappa shape index (κ1) is 20.7. The Bertz CT molecular complexity index is 1040. The van der Waals surface area contributed by atoms with Gasteiger partial charge in [-0.3, -0.25) is 9.89 Å². The molecule has 2 fully saturated rings. The minimum Gasteiger partial charge on any atom is -0.373 e. The van der Waals surface area contributed by atoms with Gasteiger partial charge in [0.1, 0.15) is 0 Å². The van der Waals surface area contributed by atoms with Crippen LogP contribution in [-0.4, -0.2) is 76.0 Å². The number of ether oxygens (including phenoxy) is 1. The summed E-state index contributed by atoms with van der Waals surface area (Å²) in [5, 5.41) is 7.78. The first-order chi connectivity index (χ1) is 15.8. The van der Waals surface area contributed by atoms with E-state index in [4.69, 9.17) is 4.74 Å². The fraction of sp³-hybridized carbons (Fsp3) is 0.375. The van der Waals surface area contributed by atoms with Gasteiger partial charge in [-0.2, -0.15) is 5.10 Å². The van der Waals surface area contributed by atoms with Gasteiger partial charge in [-0.25, -0.2) is 9.67 Å². The van der Waals surface area contributed by atoms with Gasteiger partial charge in [0.25, 0.3) is 0 Å². The normalized spacial score (nSPS) is 21.5. The molecule has 1 N–H and O–H groups in total. The van der Waals surface area contributed by atoms with Crippen LogP contribution in [-0.2, 0) is 17.8 Å². The average molecular weight is 432 g/mol. The molecule has 0 amide bonds. The van der Waals surface area contributed by atoms with Gasteiger partial charge in [-0.1, -0.05) is 30.3 Å². The van der Waals surface area contributed by atoms with Crippen LogP contribution in [0.5, 0.6) is 0 Å². The number of benzene rings is 1. The largest absolute Gasteiger partial charge is 0.373 e. The lowest BCUT2D eigenvalue weighted by atomic mass is 10.1. The molecule has 2 aliphatic heterocycles. The van der Waals surface area contributed by atoms with E-state index in [-0.39, 0.29) is 6.10 Å². The molecule has 4 heterocycles. The molecule has 0 radical (unpaired) electrons. The summed E-state index contributed by atoms with van der Waals surface area (Å²) < 4.78 is 7.90. The van der Waals surface area contributed by atoms with Crippen molar-refractivity contribution in [3.05, 3.63) is 78.2 Å². The van der Waals surface area contributed by atoms with Crippen LogP contribution in [0.25, 0.3) is 5.82 Å². The van der Waals surface area contributed by atoms with Gasteiger partial charge in [0, 0.05) is 58.4 Å². The standard InChI is InChI=1S/C24H29N7O/c1-25-24(27-15-20-8-10-26-23(14-20)31-11-5-9-28-31)30-17-21-22(18-30)32-13-12-29(21)16-19-6-3-2-4-7-19/h2-11,14,21-22H,12-13,15-18H2,1H3,(H,25,27). The summed E-state index contributed by atoms with van der Waals surface area (Å²) in [5.41, 5.74) is 2.48. The maximum Gasteiger partial charge on any atom is 0.194 e. The third-order valence-electron chi connectivity index (χ3n) is 6.16. The highest BCUT2D eigenvalue weighted by atomic mass is 16.5. The third-order valence-corrected chi connectivity index (χ3v) is 6.16. The fourth-order valence-corrected chi connectivity index (χ4v) is 4.56. The second-order valence-corrected chi connectivity index (χ2v) is 8.21. The van der Waals surface area contributed by atoms with E-state index in [2.05, 4.69) is 60.5 Å². The van der Waals surface area contributed by atoms with Crippen LogP contribution in [0.15, 0.2) is 72.1 Å². The summed E-state index contributed by atoms with van der Waals surface area (Å²) in [6.07, 6.45) is 5.67.